The smallest absolute Gasteiger partial charge is 0.238 e. The first-order valence-corrected chi connectivity index (χ1v) is 7.87. The lowest BCUT2D eigenvalue weighted by Gasteiger charge is -2.19. The van der Waals surface area contributed by atoms with Crippen LogP contribution in [0.1, 0.15) is 33.6 Å². The normalized spacial score (nSPS) is 15.0. The Kier molecular flexibility index (Phi) is 5.31. The van der Waals surface area contributed by atoms with E-state index < -0.39 is 15.8 Å². The fourth-order valence-electron chi connectivity index (χ4n) is 1.88. The SMILES string of the molecule is CCC(C)CC(C)Nc1ccc(S(N)(=O)=O)cc1F. The Morgan fingerprint density at radius 2 is 2.00 bits per heavy atom. The van der Waals surface area contributed by atoms with E-state index in [2.05, 4.69) is 19.2 Å². The van der Waals surface area contributed by atoms with E-state index in [1.807, 2.05) is 6.92 Å². The number of rotatable bonds is 6. The van der Waals surface area contributed by atoms with E-state index in [1.54, 1.807) is 0 Å². The van der Waals surface area contributed by atoms with E-state index in [4.69, 9.17) is 5.14 Å². The van der Waals surface area contributed by atoms with Crippen molar-refractivity contribution in [3.63, 3.8) is 0 Å². The van der Waals surface area contributed by atoms with Crippen molar-refractivity contribution in [2.45, 2.75) is 44.6 Å². The molecule has 3 N–H and O–H groups in total. The molecule has 0 aliphatic rings. The Balaban J connectivity index is 2.81. The van der Waals surface area contributed by atoms with Crippen molar-refractivity contribution < 1.29 is 12.8 Å². The fourth-order valence-corrected chi connectivity index (χ4v) is 2.41. The summed E-state index contributed by atoms with van der Waals surface area (Å²) in [6.07, 6.45) is 1.99. The van der Waals surface area contributed by atoms with Crippen LogP contribution < -0.4 is 10.5 Å². The van der Waals surface area contributed by atoms with Gasteiger partial charge in [-0.15, -0.1) is 0 Å². The van der Waals surface area contributed by atoms with Crippen LogP contribution in [0.4, 0.5) is 10.1 Å². The molecule has 1 aromatic carbocycles. The summed E-state index contributed by atoms with van der Waals surface area (Å²) in [5, 5.41) is 7.99. The maximum Gasteiger partial charge on any atom is 0.238 e. The van der Waals surface area contributed by atoms with Gasteiger partial charge in [0.25, 0.3) is 0 Å². The number of hydrogen-bond acceptors (Lipinski definition) is 3. The minimum absolute atomic E-state index is 0.116. The fraction of sp³-hybridized carbons (Fsp3) is 0.538. The number of hydrogen-bond donors (Lipinski definition) is 2. The van der Waals surface area contributed by atoms with Crippen LogP contribution in [0.2, 0.25) is 0 Å². The molecule has 0 saturated heterocycles. The van der Waals surface area contributed by atoms with E-state index >= 15 is 0 Å². The van der Waals surface area contributed by atoms with E-state index in [9.17, 15) is 12.8 Å². The number of nitrogens with two attached hydrogens (primary N) is 1. The van der Waals surface area contributed by atoms with Gasteiger partial charge in [-0.1, -0.05) is 20.3 Å². The summed E-state index contributed by atoms with van der Waals surface area (Å²) in [5.74, 6) is -0.0585. The molecule has 19 heavy (non-hydrogen) atoms. The van der Waals surface area contributed by atoms with Crippen molar-refractivity contribution in [2.75, 3.05) is 5.32 Å². The number of nitrogens with one attached hydrogen (secondary N) is 1. The zero-order chi connectivity index (χ0) is 14.6. The quantitative estimate of drug-likeness (QED) is 0.845. The summed E-state index contributed by atoms with van der Waals surface area (Å²) in [6.45, 7) is 6.22. The van der Waals surface area contributed by atoms with Gasteiger partial charge < -0.3 is 5.32 Å². The molecule has 0 amide bonds. The Morgan fingerprint density at radius 3 is 2.47 bits per heavy atom. The molecule has 0 spiro atoms. The van der Waals surface area contributed by atoms with Crippen molar-refractivity contribution in [3.05, 3.63) is 24.0 Å². The molecule has 1 rings (SSSR count). The predicted molar refractivity (Wildman–Crippen MR) is 74.9 cm³/mol. The molecule has 2 atom stereocenters. The molecular weight excluding hydrogens is 267 g/mol. The Morgan fingerprint density at radius 1 is 1.37 bits per heavy atom. The number of halogens is 1. The molecule has 2 unspecified atom stereocenters. The van der Waals surface area contributed by atoms with E-state index in [-0.39, 0.29) is 10.9 Å². The van der Waals surface area contributed by atoms with Crippen LogP contribution in [0.5, 0.6) is 0 Å². The van der Waals surface area contributed by atoms with E-state index in [0.29, 0.717) is 11.6 Å². The van der Waals surface area contributed by atoms with Crippen LogP contribution in [-0.2, 0) is 10.0 Å². The monoisotopic (exact) mass is 288 g/mol. The molecule has 0 aliphatic heterocycles. The molecule has 4 nitrogen and oxygen atoms in total. The average Bonchev–Trinajstić information content (AvgIpc) is 2.30. The number of benzene rings is 1. The molecule has 0 fully saturated rings. The van der Waals surface area contributed by atoms with E-state index in [0.717, 1.165) is 18.9 Å². The lowest BCUT2D eigenvalue weighted by atomic mass is 10.0. The summed E-state index contributed by atoms with van der Waals surface area (Å²) in [6, 6.07) is 3.76. The topological polar surface area (TPSA) is 72.2 Å². The first kappa shape index (κ1) is 15.9. The highest BCUT2D eigenvalue weighted by Gasteiger charge is 2.13. The van der Waals surface area contributed by atoms with Crippen LogP contribution in [0.3, 0.4) is 0 Å². The number of anilines is 1. The standard InChI is InChI=1S/C13H21FN2O2S/c1-4-9(2)7-10(3)16-13-6-5-11(8-12(13)14)19(15,17)18/h5-6,8-10,16H,4,7H2,1-3H3,(H2,15,17,18). The highest BCUT2D eigenvalue weighted by atomic mass is 32.2. The third kappa shape index (κ3) is 4.80. The maximum atomic E-state index is 13.8. The summed E-state index contributed by atoms with van der Waals surface area (Å²) >= 11 is 0. The van der Waals surface area contributed by atoms with Crippen molar-refractivity contribution in [2.24, 2.45) is 11.1 Å². The van der Waals surface area contributed by atoms with Crippen LogP contribution in [0.15, 0.2) is 23.1 Å². The molecule has 0 aliphatic carbocycles. The van der Waals surface area contributed by atoms with Gasteiger partial charge in [-0.3, -0.25) is 0 Å². The number of sulfonamides is 1. The van der Waals surface area contributed by atoms with Gasteiger partial charge in [0.2, 0.25) is 10.0 Å². The van der Waals surface area contributed by atoms with Gasteiger partial charge in [0.15, 0.2) is 0 Å². The van der Waals surface area contributed by atoms with Crippen molar-refractivity contribution >= 4 is 15.7 Å². The van der Waals surface area contributed by atoms with Crippen molar-refractivity contribution in [3.8, 4) is 0 Å². The zero-order valence-electron chi connectivity index (χ0n) is 11.5. The highest BCUT2D eigenvalue weighted by Crippen LogP contribution is 2.20. The van der Waals surface area contributed by atoms with Crippen LogP contribution in [0.25, 0.3) is 0 Å². The molecule has 0 bridgehead atoms. The molecule has 0 heterocycles. The minimum Gasteiger partial charge on any atom is -0.380 e. The first-order chi connectivity index (χ1) is 8.74. The molecule has 108 valence electrons. The molecule has 6 heteroatoms. The van der Waals surface area contributed by atoms with Gasteiger partial charge >= 0.3 is 0 Å². The highest BCUT2D eigenvalue weighted by molar-refractivity contribution is 7.89. The van der Waals surface area contributed by atoms with Gasteiger partial charge in [0.1, 0.15) is 5.82 Å². The van der Waals surface area contributed by atoms with Crippen molar-refractivity contribution in [1.82, 2.24) is 0 Å². The lowest BCUT2D eigenvalue weighted by molar-refractivity contribution is 0.482. The van der Waals surface area contributed by atoms with Crippen LogP contribution in [-0.4, -0.2) is 14.5 Å². The van der Waals surface area contributed by atoms with Crippen molar-refractivity contribution in [1.29, 1.82) is 0 Å². The van der Waals surface area contributed by atoms with Crippen LogP contribution >= 0.6 is 0 Å². The summed E-state index contributed by atoms with van der Waals surface area (Å²) in [5.41, 5.74) is 0.295. The Bertz CT molecular complexity index is 531. The molecular formula is C13H21FN2O2S. The largest absolute Gasteiger partial charge is 0.380 e. The summed E-state index contributed by atoms with van der Waals surface area (Å²) in [4.78, 5) is -0.217. The van der Waals surface area contributed by atoms with Gasteiger partial charge in [-0.2, -0.15) is 0 Å². The molecule has 0 aromatic heterocycles. The first-order valence-electron chi connectivity index (χ1n) is 6.33. The molecule has 0 radical (unpaired) electrons. The Hall–Kier alpha value is -1.14. The number of primary sulfonamides is 1. The second kappa shape index (κ2) is 6.34. The second-order valence-electron chi connectivity index (χ2n) is 4.98. The molecule has 0 saturated carbocycles. The second-order valence-corrected chi connectivity index (χ2v) is 6.54. The third-order valence-corrected chi connectivity index (χ3v) is 4.03. The summed E-state index contributed by atoms with van der Waals surface area (Å²) < 4.78 is 36.0. The predicted octanol–water partition coefficient (Wildman–Crippen LogP) is 2.71. The van der Waals surface area contributed by atoms with Gasteiger partial charge in [-0.25, -0.2) is 17.9 Å². The van der Waals surface area contributed by atoms with Gasteiger partial charge in [0.05, 0.1) is 10.6 Å². The van der Waals surface area contributed by atoms with Crippen LogP contribution in [0, 0.1) is 11.7 Å². The van der Waals surface area contributed by atoms with Gasteiger partial charge in [-0.05, 0) is 37.5 Å². The van der Waals surface area contributed by atoms with E-state index in [1.165, 1.54) is 12.1 Å². The maximum absolute atomic E-state index is 13.8. The average molecular weight is 288 g/mol. The molecule has 1 aromatic rings. The third-order valence-electron chi connectivity index (χ3n) is 3.12. The Labute approximate surface area is 114 Å². The minimum atomic E-state index is -3.86. The summed E-state index contributed by atoms with van der Waals surface area (Å²) in [7, 11) is -3.86. The zero-order valence-corrected chi connectivity index (χ0v) is 12.3. The van der Waals surface area contributed by atoms with Gasteiger partial charge in [0, 0.05) is 6.04 Å². The lowest BCUT2D eigenvalue weighted by Crippen LogP contribution is -2.19.